The van der Waals surface area contributed by atoms with Gasteiger partial charge in [0, 0.05) is 0 Å². The van der Waals surface area contributed by atoms with Crippen molar-refractivity contribution in [2.45, 2.75) is 19.9 Å². The molecule has 5 heteroatoms. The van der Waals surface area contributed by atoms with Crippen LogP contribution in [0.4, 0.5) is 0 Å². The molecule has 17 heavy (non-hydrogen) atoms. The van der Waals surface area contributed by atoms with Gasteiger partial charge in [-0.05, 0) is 18.1 Å². The molecule has 1 aromatic rings. The lowest BCUT2D eigenvalue weighted by atomic mass is 10.0. The lowest BCUT2D eigenvalue weighted by molar-refractivity contribution is 0.0940. The molecule has 1 rings (SSSR count). The Kier molecular flexibility index (Phi) is 4.90. The molecular formula is C12H15ClN2OS. The number of halogens is 1. The van der Waals surface area contributed by atoms with E-state index in [-0.39, 0.29) is 22.9 Å². The minimum absolute atomic E-state index is 0.138. The average molecular weight is 271 g/mol. The molecule has 0 aromatic heterocycles. The number of nitrogens with one attached hydrogen (secondary N) is 1. The molecule has 0 aliphatic carbocycles. The highest BCUT2D eigenvalue weighted by atomic mass is 35.5. The summed E-state index contributed by atoms with van der Waals surface area (Å²) in [5.41, 5.74) is 6.01. The van der Waals surface area contributed by atoms with Crippen LogP contribution in [0.5, 0.6) is 0 Å². The van der Waals surface area contributed by atoms with Crippen LogP contribution in [-0.4, -0.2) is 16.9 Å². The smallest absolute Gasteiger partial charge is 0.253 e. The number of thiocarbonyl (C=S) groups is 1. The van der Waals surface area contributed by atoms with Crippen molar-refractivity contribution in [1.82, 2.24) is 5.32 Å². The summed E-state index contributed by atoms with van der Waals surface area (Å²) < 4.78 is 0. The summed E-state index contributed by atoms with van der Waals surface area (Å²) in [6.45, 7) is 3.88. The van der Waals surface area contributed by atoms with Gasteiger partial charge in [-0.1, -0.05) is 49.8 Å². The van der Waals surface area contributed by atoms with Crippen molar-refractivity contribution in [3.8, 4) is 0 Å². The van der Waals surface area contributed by atoms with E-state index in [0.29, 0.717) is 10.6 Å². The van der Waals surface area contributed by atoms with Crippen molar-refractivity contribution in [1.29, 1.82) is 0 Å². The van der Waals surface area contributed by atoms with E-state index in [1.54, 1.807) is 24.3 Å². The van der Waals surface area contributed by atoms with Gasteiger partial charge in [0.1, 0.15) is 0 Å². The molecule has 92 valence electrons. The fourth-order valence-electron chi connectivity index (χ4n) is 1.43. The van der Waals surface area contributed by atoms with Gasteiger partial charge in [0.2, 0.25) is 0 Å². The number of nitrogens with two attached hydrogens (primary N) is 1. The first kappa shape index (κ1) is 13.9. The van der Waals surface area contributed by atoms with Gasteiger partial charge in [0.15, 0.2) is 0 Å². The summed E-state index contributed by atoms with van der Waals surface area (Å²) in [6.07, 6.45) is 0. The first-order chi connectivity index (χ1) is 7.93. The van der Waals surface area contributed by atoms with Crippen LogP contribution < -0.4 is 11.1 Å². The first-order valence-corrected chi connectivity index (χ1v) is 6.06. The molecule has 0 spiro atoms. The summed E-state index contributed by atoms with van der Waals surface area (Å²) in [5, 5.41) is 3.20. The molecule has 0 aliphatic rings. The van der Waals surface area contributed by atoms with Crippen molar-refractivity contribution < 1.29 is 4.79 Å². The Labute approximate surface area is 111 Å². The Hall–Kier alpha value is -1.13. The second-order valence-electron chi connectivity index (χ2n) is 4.08. The third-order valence-electron chi connectivity index (χ3n) is 2.38. The van der Waals surface area contributed by atoms with Crippen LogP contribution in [0, 0.1) is 5.92 Å². The molecule has 0 saturated carbocycles. The summed E-state index contributed by atoms with van der Waals surface area (Å²) in [7, 11) is 0. The topological polar surface area (TPSA) is 55.1 Å². The lowest BCUT2D eigenvalue weighted by Crippen LogP contribution is -2.46. The zero-order valence-corrected chi connectivity index (χ0v) is 11.3. The van der Waals surface area contributed by atoms with E-state index < -0.39 is 0 Å². The zero-order valence-electron chi connectivity index (χ0n) is 9.74. The molecule has 1 unspecified atom stereocenters. The van der Waals surface area contributed by atoms with E-state index in [4.69, 9.17) is 29.6 Å². The van der Waals surface area contributed by atoms with Crippen LogP contribution in [0.1, 0.15) is 24.2 Å². The number of carbonyl (C=O) groups excluding carboxylic acids is 1. The number of amides is 1. The minimum atomic E-state index is -0.325. The monoisotopic (exact) mass is 270 g/mol. The number of rotatable bonds is 4. The Morgan fingerprint density at radius 1 is 1.41 bits per heavy atom. The number of hydrogen-bond acceptors (Lipinski definition) is 2. The van der Waals surface area contributed by atoms with Gasteiger partial charge in [-0.3, -0.25) is 4.79 Å². The Morgan fingerprint density at radius 2 is 2.00 bits per heavy atom. The highest BCUT2D eigenvalue weighted by molar-refractivity contribution is 7.80. The van der Waals surface area contributed by atoms with Crippen molar-refractivity contribution in [3.63, 3.8) is 0 Å². The van der Waals surface area contributed by atoms with Gasteiger partial charge >= 0.3 is 0 Å². The molecule has 1 atom stereocenters. The molecule has 0 bridgehead atoms. The van der Waals surface area contributed by atoms with Gasteiger partial charge in [0.25, 0.3) is 5.91 Å². The minimum Gasteiger partial charge on any atom is -0.392 e. The third-order valence-corrected chi connectivity index (χ3v) is 2.96. The van der Waals surface area contributed by atoms with Crippen LogP contribution in [0.15, 0.2) is 24.3 Å². The average Bonchev–Trinajstić information content (AvgIpc) is 2.25. The maximum atomic E-state index is 12.0. The van der Waals surface area contributed by atoms with Gasteiger partial charge < -0.3 is 11.1 Å². The van der Waals surface area contributed by atoms with Crippen LogP contribution in [0.2, 0.25) is 5.02 Å². The van der Waals surface area contributed by atoms with Crippen molar-refractivity contribution in [2.24, 2.45) is 11.7 Å². The van der Waals surface area contributed by atoms with E-state index in [2.05, 4.69) is 5.32 Å². The van der Waals surface area contributed by atoms with E-state index >= 15 is 0 Å². The maximum absolute atomic E-state index is 12.0. The molecule has 1 amide bonds. The number of carbonyl (C=O) groups is 1. The standard InChI is InChI=1S/C12H15ClN2OS/c1-7(2)10(11(14)17)15-12(16)8-5-3-4-6-9(8)13/h3-7,10H,1-2H3,(H2,14,17)(H,15,16). The molecule has 0 saturated heterocycles. The molecule has 0 fully saturated rings. The zero-order chi connectivity index (χ0) is 13.0. The van der Waals surface area contributed by atoms with Crippen LogP contribution >= 0.6 is 23.8 Å². The SMILES string of the molecule is CC(C)C(NC(=O)c1ccccc1Cl)C(N)=S. The van der Waals surface area contributed by atoms with Gasteiger partial charge in [-0.15, -0.1) is 0 Å². The molecular weight excluding hydrogens is 256 g/mol. The largest absolute Gasteiger partial charge is 0.392 e. The van der Waals surface area contributed by atoms with E-state index in [1.165, 1.54) is 0 Å². The summed E-state index contributed by atoms with van der Waals surface area (Å²) in [4.78, 5) is 12.3. The molecule has 1 aromatic carbocycles. The summed E-state index contributed by atoms with van der Waals surface area (Å²) in [5.74, 6) is -0.124. The second kappa shape index (κ2) is 5.98. The van der Waals surface area contributed by atoms with E-state index in [0.717, 1.165) is 0 Å². The summed E-state index contributed by atoms with van der Waals surface area (Å²) >= 11 is 10.9. The van der Waals surface area contributed by atoms with E-state index in [1.807, 2.05) is 13.8 Å². The van der Waals surface area contributed by atoms with Crippen LogP contribution in [0.3, 0.4) is 0 Å². The molecule has 0 radical (unpaired) electrons. The normalized spacial score (nSPS) is 12.2. The highest BCUT2D eigenvalue weighted by Gasteiger charge is 2.20. The first-order valence-electron chi connectivity index (χ1n) is 5.28. The molecule has 0 heterocycles. The molecule has 3 N–H and O–H groups in total. The maximum Gasteiger partial charge on any atom is 0.253 e. The van der Waals surface area contributed by atoms with Crippen molar-refractivity contribution in [3.05, 3.63) is 34.9 Å². The Bertz CT molecular complexity index is 434. The van der Waals surface area contributed by atoms with Gasteiger partial charge in [-0.25, -0.2) is 0 Å². The fourth-order valence-corrected chi connectivity index (χ4v) is 1.98. The Morgan fingerprint density at radius 3 is 2.47 bits per heavy atom. The third kappa shape index (κ3) is 3.68. The second-order valence-corrected chi connectivity index (χ2v) is 4.96. The van der Waals surface area contributed by atoms with Crippen LogP contribution in [0.25, 0.3) is 0 Å². The van der Waals surface area contributed by atoms with E-state index in [9.17, 15) is 4.79 Å². The predicted molar refractivity (Wildman–Crippen MR) is 74.3 cm³/mol. The Balaban J connectivity index is 2.85. The van der Waals surface area contributed by atoms with Gasteiger partial charge in [0.05, 0.1) is 21.6 Å². The fraction of sp³-hybridized carbons (Fsp3) is 0.333. The highest BCUT2D eigenvalue weighted by Crippen LogP contribution is 2.15. The number of benzene rings is 1. The van der Waals surface area contributed by atoms with Gasteiger partial charge in [-0.2, -0.15) is 0 Å². The predicted octanol–water partition coefficient (Wildman–Crippen LogP) is 2.38. The summed E-state index contributed by atoms with van der Waals surface area (Å²) in [6, 6.07) is 6.53. The molecule has 0 aliphatic heterocycles. The lowest BCUT2D eigenvalue weighted by Gasteiger charge is -2.21. The quantitative estimate of drug-likeness (QED) is 0.826. The van der Waals surface area contributed by atoms with Crippen molar-refractivity contribution in [2.75, 3.05) is 0 Å². The van der Waals surface area contributed by atoms with Crippen LogP contribution in [-0.2, 0) is 0 Å². The molecule has 3 nitrogen and oxygen atoms in total. The van der Waals surface area contributed by atoms with Crippen molar-refractivity contribution >= 4 is 34.7 Å². The number of hydrogen-bond donors (Lipinski definition) is 2.